The molecule has 2 rings (SSSR count). The van der Waals surface area contributed by atoms with Crippen molar-refractivity contribution < 1.29 is 45.0 Å². The van der Waals surface area contributed by atoms with Crippen molar-refractivity contribution in [1.82, 2.24) is 4.90 Å². The second-order valence-corrected chi connectivity index (χ2v) is 5.59. The van der Waals surface area contributed by atoms with E-state index in [1.165, 1.54) is 6.42 Å². The summed E-state index contributed by atoms with van der Waals surface area (Å²) in [5.74, 6) is -3.66. The fraction of sp³-hybridized carbons (Fsp3) is 0.667. The molecule has 0 amide bonds. The number of hydrogen-bond donors (Lipinski definition) is 4. The molecule has 1 saturated heterocycles. The number of ether oxygens (including phenoxy) is 1. The number of aliphatic hydroxyl groups is 2. The molecule has 0 aliphatic carbocycles. The third-order valence-corrected chi connectivity index (χ3v) is 4.13. The summed E-state index contributed by atoms with van der Waals surface area (Å²) < 4.78 is 5.05. The van der Waals surface area contributed by atoms with E-state index >= 15 is 0 Å². The Hall–Kier alpha value is -2.01. The van der Waals surface area contributed by atoms with Crippen LogP contribution in [0, 0.1) is 0 Å². The summed E-state index contributed by atoms with van der Waals surface area (Å²) in [6, 6.07) is 0.964. The zero-order chi connectivity index (χ0) is 18.4. The Morgan fingerprint density at radius 3 is 2.16 bits per heavy atom. The van der Waals surface area contributed by atoms with Crippen molar-refractivity contribution in [2.45, 2.75) is 50.5 Å². The summed E-state index contributed by atoms with van der Waals surface area (Å²) in [7, 11) is 2.11. The molecule has 2 heterocycles. The van der Waals surface area contributed by atoms with Crippen molar-refractivity contribution in [2.24, 2.45) is 0 Å². The number of carbonyl (C=O) groups excluding carboxylic acids is 1. The minimum Gasteiger partial charge on any atom is -0.479 e. The predicted octanol–water partition coefficient (Wildman–Crippen LogP) is -1.60. The van der Waals surface area contributed by atoms with Crippen LogP contribution < -0.4 is 0 Å². The number of carbonyl (C=O) groups is 3. The van der Waals surface area contributed by atoms with Crippen LogP contribution in [0.2, 0.25) is 0 Å². The zero-order valence-electron chi connectivity index (χ0n) is 14.1. The molecule has 6 N–H and O–H groups in total. The second kappa shape index (κ2) is 10.1. The van der Waals surface area contributed by atoms with Gasteiger partial charge in [-0.15, -0.1) is 0 Å². The summed E-state index contributed by atoms with van der Waals surface area (Å²) in [6.07, 6.45) is 0.850. The largest absolute Gasteiger partial charge is 0.479 e. The standard InChI is InChI=1S/C11H17NO2.C4H6O6.H2O/c1-3-14-11(13)9-6-4-8-5-7-10(9)12(8)2;5-1(3(7)8)2(6)4(9)10;/h6,8,10H,3-5,7H2,1-2H3;1-2,5-6H,(H,7,8)(H,9,10);1H2/t8-,10?;1-,2-;/m01./s1. The number of hydrogen-bond acceptors (Lipinski definition) is 7. The van der Waals surface area contributed by atoms with Crippen LogP contribution in [-0.4, -0.2) is 86.7 Å². The van der Waals surface area contributed by atoms with Crippen LogP contribution in [0.1, 0.15) is 26.2 Å². The summed E-state index contributed by atoms with van der Waals surface area (Å²) in [5, 5.41) is 32.5. The van der Waals surface area contributed by atoms with Crippen molar-refractivity contribution in [3.63, 3.8) is 0 Å². The van der Waals surface area contributed by atoms with E-state index in [1.807, 2.05) is 6.92 Å². The maximum absolute atomic E-state index is 11.6. The normalized spacial score (nSPS) is 23.9. The highest BCUT2D eigenvalue weighted by Crippen LogP contribution is 2.34. The molecule has 1 unspecified atom stereocenters. The molecule has 0 aromatic carbocycles. The maximum atomic E-state index is 11.6. The van der Waals surface area contributed by atoms with Gasteiger partial charge in [-0.3, -0.25) is 4.90 Å². The number of fused-ring (bicyclic) bond motifs is 2. The van der Waals surface area contributed by atoms with Crippen LogP contribution in [0.25, 0.3) is 0 Å². The average Bonchev–Trinajstić information content (AvgIpc) is 2.76. The molecule has 2 aliphatic rings. The molecule has 4 atom stereocenters. The van der Waals surface area contributed by atoms with Gasteiger partial charge in [-0.05, 0) is 33.2 Å². The van der Waals surface area contributed by atoms with Crippen LogP contribution >= 0.6 is 0 Å². The van der Waals surface area contributed by atoms with Gasteiger partial charge in [0, 0.05) is 12.1 Å². The molecule has 144 valence electrons. The van der Waals surface area contributed by atoms with Gasteiger partial charge >= 0.3 is 17.9 Å². The van der Waals surface area contributed by atoms with Crippen LogP contribution in [0.5, 0.6) is 0 Å². The number of likely N-dealkylation sites (N-methyl/N-ethyl adjacent to an activating group) is 1. The lowest BCUT2D eigenvalue weighted by molar-refractivity contribution is -0.165. The lowest BCUT2D eigenvalue weighted by Gasteiger charge is -2.30. The van der Waals surface area contributed by atoms with E-state index in [4.69, 9.17) is 25.2 Å². The van der Waals surface area contributed by atoms with E-state index in [-0.39, 0.29) is 11.4 Å². The Labute approximate surface area is 144 Å². The first kappa shape index (κ1) is 23.0. The van der Waals surface area contributed by atoms with Gasteiger partial charge in [-0.25, -0.2) is 14.4 Å². The quantitative estimate of drug-likeness (QED) is 0.419. The topological polar surface area (TPSA) is 176 Å². The Bertz CT molecular complexity index is 501. The van der Waals surface area contributed by atoms with Crippen molar-refractivity contribution in [1.29, 1.82) is 0 Å². The highest BCUT2D eigenvalue weighted by Gasteiger charge is 2.38. The van der Waals surface area contributed by atoms with Crippen molar-refractivity contribution in [2.75, 3.05) is 13.7 Å². The molecule has 0 saturated carbocycles. The molecule has 25 heavy (non-hydrogen) atoms. The lowest BCUT2D eigenvalue weighted by Crippen LogP contribution is -2.39. The second-order valence-electron chi connectivity index (χ2n) is 5.59. The molecule has 10 nitrogen and oxygen atoms in total. The van der Waals surface area contributed by atoms with Crippen molar-refractivity contribution >= 4 is 17.9 Å². The van der Waals surface area contributed by atoms with Crippen molar-refractivity contribution in [3.05, 3.63) is 11.6 Å². The first-order chi connectivity index (χ1) is 11.2. The molecule has 10 heteroatoms. The van der Waals surface area contributed by atoms with Gasteiger partial charge in [0.25, 0.3) is 0 Å². The van der Waals surface area contributed by atoms with Gasteiger partial charge in [-0.2, -0.15) is 0 Å². The number of carboxylic acids is 2. The number of carboxylic acid groups (broad SMARTS) is 2. The molecular weight excluding hydrogens is 338 g/mol. The summed E-state index contributed by atoms with van der Waals surface area (Å²) in [5.41, 5.74) is 0.878. The molecule has 0 radical (unpaired) electrons. The van der Waals surface area contributed by atoms with E-state index in [9.17, 15) is 14.4 Å². The van der Waals surface area contributed by atoms with E-state index in [1.54, 1.807) is 0 Å². The van der Waals surface area contributed by atoms with Crippen LogP contribution in [0.15, 0.2) is 11.6 Å². The predicted molar refractivity (Wildman–Crippen MR) is 84.8 cm³/mol. The summed E-state index contributed by atoms with van der Waals surface area (Å²) in [6.45, 7) is 2.32. The lowest BCUT2D eigenvalue weighted by atomic mass is 10.0. The van der Waals surface area contributed by atoms with E-state index in [0.717, 1.165) is 18.4 Å². The number of nitrogens with zero attached hydrogens (tertiary/aromatic N) is 1. The van der Waals surface area contributed by atoms with Gasteiger partial charge in [0.2, 0.25) is 0 Å². The van der Waals surface area contributed by atoms with Gasteiger partial charge in [0.15, 0.2) is 12.2 Å². The molecule has 2 aliphatic heterocycles. The van der Waals surface area contributed by atoms with E-state index < -0.39 is 24.1 Å². The summed E-state index contributed by atoms with van der Waals surface area (Å²) >= 11 is 0. The monoisotopic (exact) mass is 363 g/mol. The Balaban J connectivity index is 0.000000471. The molecule has 1 fully saturated rings. The highest BCUT2D eigenvalue weighted by molar-refractivity contribution is 5.90. The van der Waals surface area contributed by atoms with E-state index in [2.05, 4.69) is 18.0 Å². The minimum absolute atomic E-state index is 0. The van der Waals surface area contributed by atoms with Gasteiger partial charge < -0.3 is 30.6 Å². The number of rotatable bonds is 5. The Morgan fingerprint density at radius 2 is 1.72 bits per heavy atom. The fourth-order valence-electron chi connectivity index (χ4n) is 2.77. The molecular formula is C15H25NO9. The Kier molecular flexibility index (Phi) is 9.28. The average molecular weight is 363 g/mol. The van der Waals surface area contributed by atoms with Gasteiger partial charge in [0.05, 0.1) is 12.2 Å². The molecule has 0 aromatic rings. The van der Waals surface area contributed by atoms with Crippen LogP contribution in [0.4, 0.5) is 0 Å². The molecule has 0 spiro atoms. The SMILES string of the molecule is CCOC(=O)C1=CC[C@H]2CCC1N2C.O.O=C(O)[C@H](O)[C@@H](O)C(=O)O. The van der Waals surface area contributed by atoms with Crippen LogP contribution in [-0.2, 0) is 19.1 Å². The third-order valence-electron chi connectivity index (χ3n) is 4.13. The minimum atomic E-state index is -2.27. The first-order valence-corrected chi connectivity index (χ1v) is 7.61. The third kappa shape index (κ3) is 5.78. The maximum Gasteiger partial charge on any atom is 0.335 e. The summed E-state index contributed by atoms with van der Waals surface area (Å²) in [4.78, 5) is 33.5. The van der Waals surface area contributed by atoms with Crippen molar-refractivity contribution in [3.8, 4) is 0 Å². The highest BCUT2D eigenvalue weighted by atomic mass is 16.5. The van der Waals surface area contributed by atoms with Gasteiger partial charge in [-0.1, -0.05) is 6.08 Å². The number of aliphatic hydroxyl groups excluding tert-OH is 2. The molecule has 0 aromatic heterocycles. The Morgan fingerprint density at radius 1 is 1.20 bits per heavy atom. The fourth-order valence-corrected chi connectivity index (χ4v) is 2.77. The van der Waals surface area contributed by atoms with E-state index in [0.29, 0.717) is 18.7 Å². The van der Waals surface area contributed by atoms with Gasteiger partial charge in [0.1, 0.15) is 0 Å². The van der Waals surface area contributed by atoms with Crippen LogP contribution in [0.3, 0.4) is 0 Å². The zero-order valence-corrected chi connectivity index (χ0v) is 14.1. The smallest absolute Gasteiger partial charge is 0.335 e. The first-order valence-electron chi connectivity index (χ1n) is 7.61. The molecule has 2 bridgehead atoms. The number of esters is 1. The number of aliphatic carboxylic acids is 2.